The van der Waals surface area contributed by atoms with Crippen molar-refractivity contribution in [2.75, 3.05) is 11.6 Å². The molecule has 1 aliphatic carbocycles. The highest BCUT2D eigenvalue weighted by atomic mass is 35.5. The summed E-state index contributed by atoms with van der Waals surface area (Å²) in [4.78, 5) is 4.42. The molecule has 6 heteroatoms. The van der Waals surface area contributed by atoms with Crippen LogP contribution >= 0.6 is 24.2 Å². The molecule has 1 aromatic rings. The zero-order chi connectivity index (χ0) is 9.38. The van der Waals surface area contributed by atoms with Crippen LogP contribution in [0.5, 0.6) is 0 Å². The van der Waals surface area contributed by atoms with Crippen LogP contribution < -0.4 is 5.32 Å². The number of thioether (sulfide) groups is 1. The van der Waals surface area contributed by atoms with Crippen LogP contribution in [0.1, 0.15) is 30.6 Å². The maximum absolute atomic E-state index is 5.24. The van der Waals surface area contributed by atoms with E-state index in [1.54, 1.807) is 0 Å². The maximum atomic E-state index is 5.24. The van der Waals surface area contributed by atoms with E-state index in [0.29, 0.717) is 0 Å². The first-order chi connectivity index (χ1) is 6.92. The Morgan fingerprint density at radius 3 is 3.00 bits per heavy atom. The Morgan fingerprint density at radius 1 is 1.47 bits per heavy atom. The van der Waals surface area contributed by atoms with Gasteiger partial charge in [-0.1, -0.05) is 5.16 Å². The van der Waals surface area contributed by atoms with Gasteiger partial charge in [0.05, 0.1) is 6.04 Å². The molecule has 0 radical (unpaired) electrons. The molecule has 2 fully saturated rings. The molecule has 0 unspecified atom stereocenters. The van der Waals surface area contributed by atoms with Gasteiger partial charge in [0.15, 0.2) is 5.82 Å². The molecule has 1 aliphatic heterocycles. The summed E-state index contributed by atoms with van der Waals surface area (Å²) < 4.78 is 5.24. The van der Waals surface area contributed by atoms with Crippen LogP contribution in [-0.2, 0) is 6.42 Å². The standard InChI is InChI=1S/C9H13N3OS.ClH/c1-2-6(1)3-8-11-9(13-12-8)7-4-14-5-10-7;/h6-7,10H,1-5H2;1H/t7-;/m1./s1. The van der Waals surface area contributed by atoms with Gasteiger partial charge in [-0.3, -0.25) is 5.32 Å². The van der Waals surface area contributed by atoms with Crippen LogP contribution in [-0.4, -0.2) is 21.8 Å². The molecule has 1 N–H and O–H groups in total. The topological polar surface area (TPSA) is 51.0 Å². The summed E-state index contributed by atoms with van der Waals surface area (Å²) in [5, 5.41) is 7.33. The molecule has 3 rings (SSSR count). The number of nitrogens with one attached hydrogen (secondary N) is 1. The summed E-state index contributed by atoms with van der Waals surface area (Å²) in [7, 11) is 0. The van der Waals surface area contributed by atoms with Crippen LogP contribution in [0.15, 0.2) is 4.52 Å². The highest BCUT2D eigenvalue weighted by Crippen LogP contribution is 2.32. The summed E-state index contributed by atoms with van der Waals surface area (Å²) >= 11 is 1.87. The summed E-state index contributed by atoms with van der Waals surface area (Å²) in [6, 6.07) is 0.278. The lowest BCUT2D eigenvalue weighted by Crippen LogP contribution is -2.14. The monoisotopic (exact) mass is 247 g/mol. The highest BCUT2D eigenvalue weighted by molar-refractivity contribution is 7.99. The molecular weight excluding hydrogens is 234 g/mol. The Bertz CT molecular complexity index is 323. The fourth-order valence-electron chi connectivity index (χ4n) is 1.63. The molecule has 0 aromatic carbocycles. The van der Waals surface area contributed by atoms with E-state index in [1.165, 1.54) is 12.8 Å². The van der Waals surface area contributed by atoms with Crippen molar-refractivity contribution >= 4 is 24.2 Å². The highest BCUT2D eigenvalue weighted by Gasteiger charge is 2.26. The summed E-state index contributed by atoms with van der Waals surface area (Å²) in [6.07, 6.45) is 3.67. The van der Waals surface area contributed by atoms with Crippen LogP contribution in [0.2, 0.25) is 0 Å². The quantitative estimate of drug-likeness (QED) is 0.883. The van der Waals surface area contributed by atoms with Gasteiger partial charge in [-0.15, -0.1) is 24.2 Å². The third-order valence-corrected chi connectivity index (χ3v) is 3.61. The van der Waals surface area contributed by atoms with Crippen LogP contribution in [0, 0.1) is 5.92 Å². The first-order valence-corrected chi connectivity index (χ1v) is 6.21. The Balaban J connectivity index is 0.000000853. The first kappa shape index (κ1) is 11.2. The van der Waals surface area contributed by atoms with Crippen LogP contribution in [0.25, 0.3) is 0 Å². The molecule has 0 bridgehead atoms. The average molecular weight is 248 g/mol. The first-order valence-electron chi connectivity index (χ1n) is 5.05. The molecule has 2 aliphatic rings. The summed E-state index contributed by atoms with van der Waals surface area (Å²) in [5.41, 5.74) is 0. The fourth-order valence-corrected chi connectivity index (χ4v) is 2.56. The average Bonchev–Trinajstić information content (AvgIpc) is 2.71. The molecule has 1 saturated carbocycles. The van der Waals surface area contributed by atoms with Crippen LogP contribution in [0.4, 0.5) is 0 Å². The van der Waals surface area contributed by atoms with Gasteiger partial charge in [0, 0.05) is 18.1 Å². The molecule has 2 heterocycles. The largest absolute Gasteiger partial charge is 0.338 e. The second-order valence-corrected chi connectivity index (χ2v) is 5.00. The lowest BCUT2D eigenvalue weighted by atomic mass is 10.3. The van der Waals surface area contributed by atoms with Crippen molar-refractivity contribution < 1.29 is 4.52 Å². The van der Waals surface area contributed by atoms with E-state index < -0.39 is 0 Å². The lowest BCUT2D eigenvalue weighted by Gasteiger charge is -2.00. The van der Waals surface area contributed by atoms with E-state index in [1.807, 2.05) is 11.8 Å². The van der Waals surface area contributed by atoms with Crippen molar-refractivity contribution in [3.63, 3.8) is 0 Å². The van der Waals surface area contributed by atoms with E-state index in [2.05, 4.69) is 15.5 Å². The number of hydrogen-bond acceptors (Lipinski definition) is 5. The minimum atomic E-state index is 0. The second kappa shape index (κ2) is 4.72. The molecule has 1 atom stereocenters. The van der Waals surface area contributed by atoms with Crippen molar-refractivity contribution in [3.8, 4) is 0 Å². The van der Waals surface area contributed by atoms with Crippen molar-refractivity contribution in [1.29, 1.82) is 0 Å². The zero-order valence-corrected chi connectivity index (χ0v) is 9.94. The summed E-state index contributed by atoms with van der Waals surface area (Å²) in [6.45, 7) is 0. The number of halogens is 1. The Labute approximate surface area is 99.0 Å². The molecule has 1 aromatic heterocycles. The number of nitrogens with zero attached hydrogens (tertiary/aromatic N) is 2. The third kappa shape index (κ3) is 2.65. The van der Waals surface area contributed by atoms with Gasteiger partial charge in [0.1, 0.15) is 0 Å². The van der Waals surface area contributed by atoms with Crippen molar-refractivity contribution in [2.45, 2.75) is 25.3 Å². The SMILES string of the molecule is C1N[C@@H](c2nc(CC3CC3)no2)CS1.Cl. The van der Waals surface area contributed by atoms with Gasteiger partial charge >= 0.3 is 0 Å². The Morgan fingerprint density at radius 2 is 2.33 bits per heavy atom. The van der Waals surface area contributed by atoms with E-state index in [4.69, 9.17) is 4.52 Å². The number of hydrogen-bond donors (Lipinski definition) is 1. The molecular formula is C9H14ClN3OS. The molecule has 0 spiro atoms. The molecule has 84 valence electrons. The van der Waals surface area contributed by atoms with Gasteiger partial charge in [-0.2, -0.15) is 4.98 Å². The molecule has 15 heavy (non-hydrogen) atoms. The predicted octanol–water partition coefficient (Wildman–Crippen LogP) is 1.78. The van der Waals surface area contributed by atoms with E-state index in [-0.39, 0.29) is 18.4 Å². The molecule has 0 amide bonds. The van der Waals surface area contributed by atoms with Crippen LogP contribution in [0.3, 0.4) is 0 Å². The van der Waals surface area contributed by atoms with Crippen molar-refractivity contribution in [2.24, 2.45) is 5.92 Å². The van der Waals surface area contributed by atoms with Gasteiger partial charge in [0.2, 0.25) is 5.89 Å². The summed E-state index contributed by atoms with van der Waals surface area (Å²) in [5.74, 6) is 4.52. The Hall–Kier alpha value is -0.260. The molecule has 1 saturated heterocycles. The van der Waals surface area contributed by atoms with E-state index in [0.717, 1.165) is 35.7 Å². The van der Waals surface area contributed by atoms with Crippen molar-refractivity contribution in [1.82, 2.24) is 15.5 Å². The Kier molecular flexibility index (Phi) is 3.53. The van der Waals surface area contributed by atoms with Gasteiger partial charge in [-0.25, -0.2) is 0 Å². The van der Waals surface area contributed by atoms with Crippen molar-refractivity contribution in [3.05, 3.63) is 11.7 Å². The maximum Gasteiger partial charge on any atom is 0.244 e. The minimum Gasteiger partial charge on any atom is -0.338 e. The van der Waals surface area contributed by atoms with Gasteiger partial charge in [0.25, 0.3) is 0 Å². The second-order valence-electron chi connectivity index (χ2n) is 3.97. The lowest BCUT2D eigenvalue weighted by molar-refractivity contribution is 0.346. The molecule has 4 nitrogen and oxygen atoms in total. The smallest absolute Gasteiger partial charge is 0.244 e. The van der Waals surface area contributed by atoms with E-state index in [9.17, 15) is 0 Å². The minimum absolute atomic E-state index is 0. The predicted molar refractivity (Wildman–Crippen MR) is 61.2 cm³/mol. The third-order valence-electron chi connectivity index (χ3n) is 2.67. The number of aromatic nitrogens is 2. The van der Waals surface area contributed by atoms with E-state index >= 15 is 0 Å². The normalized spacial score (nSPS) is 25.2. The number of rotatable bonds is 3. The zero-order valence-electron chi connectivity index (χ0n) is 8.31. The van der Waals surface area contributed by atoms with Gasteiger partial charge in [-0.05, 0) is 18.8 Å². The van der Waals surface area contributed by atoms with Gasteiger partial charge < -0.3 is 4.52 Å². The fraction of sp³-hybridized carbons (Fsp3) is 0.778.